The van der Waals surface area contributed by atoms with Crippen LogP contribution in [0.15, 0.2) is 18.3 Å². The molecule has 1 aromatic rings. The summed E-state index contributed by atoms with van der Waals surface area (Å²) in [5.41, 5.74) is 0.609. The smallest absolute Gasteiger partial charge is 0.410 e. The number of rotatable bonds is 2. The molecule has 0 unspecified atom stereocenters. The monoisotopic (exact) mass is 333 g/mol. The average Bonchev–Trinajstić information content (AvgIpc) is 3.04. The number of ether oxygens (including phenoxy) is 2. The summed E-state index contributed by atoms with van der Waals surface area (Å²) >= 11 is 0. The fraction of sp³-hybridized carbons (Fsp3) is 0.667. The van der Waals surface area contributed by atoms with Crippen LogP contribution in [0.5, 0.6) is 0 Å². The van der Waals surface area contributed by atoms with E-state index in [2.05, 4.69) is 16.0 Å². The summed E-state index contributed by atoms with van der Waals surface area (Å²) in [5, 5.41) is 0. The lowest BCUT2D eigenvalue weighted by molar-refractivity contribution is 0.0224. The molecule has 2 saturated heterocycles. The Bertz CT molecular complexity index is 562. The minimum absolute atomic E-state index is 0.0612. The van der Waals surface area contributed by atoms with Gasteiger partial charge in [0.2, 0.25) is 0 Å². The lowest BCUT2D eigenvalue weighted by Crippen LogP contribution is -2.37. The van der Waals surface area contributed by atoms with E-state index in [-0.39, 0.29) is 12.1 Å². The molecular formula is C18H27N3O3. The average molecular weight is 333 g/mol. The Morgan fingerprint density at radius 2 is 2.00 bits per heavy atom. The van der Waals surface area contributed by atoms with Gasteiger partial charge in [-0.25, -0.2) is 9.78 Å². The number of hydrogen-bond acceptors (Lipinski definition) is 5. The highest BCUT2D eigenvalue weighted by atomic mass is 16.6. The molecule has 132 valence electrons. The Morgan fingerprint density at radius 1 is 1.25 bits per heavy atom. The van der Waals surface area contributed by atoms with Crippen LogP contribution in [-0.4, -0.2) is 54.4 Å². The molecule has 2 aliphatic rings. The summed E-state index contributed by atoms with van der Waals surface area (Å²) in [7, 11) is 0. The van der Waals surface area contributed by atoms with E-state index in [1.807, 2.05) is 37.9 Å². The third kappa shape index (κ3) is 3.98. The van der Waals surface area contributed by atoms with E-state index >= 15 is 0 Å². The molecule has 0 radical (unpaired) electrons. The zero-order valence-electron chi connectivity index (χ0n) is 14.8. The van der Waals surface area contributed by atoms with Crippen LogP contribution >= 0.6 is 0 Å². The number of amides is 1. The van der Waals surface area contributed by atoms with Crippen molar-refractivity contribution in [3.63, 3.8) is 0 Å². The SMILES string of the molecule is CC(C)(C)OC(=O)N1CCC[C@@H]1c1ccc(N2CCOCC2)nc1. The summed E-state index contributed by atoms with van der Waals surface area (Å²) in [6.45, 7) is 9.68. The standard InChI is InChI=1S/C18H27N3O3/c1-18(2,3)24-17(22)21-8-4-5-15(21)14-6-7-16(19-13-14)20-9-11-23-12-10-20/h6-7,13,15H,4-5,8-12H2,1-3H3/t15-/m1/s1. The number of morpholine rings is 1. The van der Waals surface area contributed by atoms with Gasteiger partial charge in [0, 0.05) is 25.8 Å². The van der Waals surface area contributed by atoms with Crippen LogP contribution in [0.25, 0.3) is 0 Å². The summed E-state index contributed by atoms with van der Waals surface area (Å²) in [5.74, 6) is 0.976. The van der Waals surface area contributed by atoms with E-state index in [0.29, 0.717) is 0 Å². The molecule has 24 heavy (non-hydrogen) atoms. The summed E-state index contributed by atoms with van der Waals surface area (Å²) in [6.07, 6.45) is 3.62. The van der Waals surface area contributed by atoms with E-state index in [0.717, 1.165) is 57.1 Å². The first-order chi connectivity index (χ1) is 11.4. The fourth-order valence-corrected chi connectivity index (χ4v) is 3.23. The Kier molecular flexibility index (Phi) is 4.94. The van der Waals surface area contributed by atoms with E-state index in [1.54, 1.807) is 0 Å². The second-order valence-corrected chi connectivity index (χ2v) is 7.38. The first-order valence-corrected chi connectivity index (χ1v) is 8.72. The summed E-state index contributed by atoms with van der Waals surface area (Å²) in [4.78, 5) is 21.1. The highest BCUT2D eigenvalue weighted by molar-refractivity contribution is 5.69. The number of carbonyl (C=O) groups is 1. The molecule has 0 aromatic carbocycles. The van der Waals surface area contributed by atoms with E-state index in [9.17, 15) is 4.79 Å². The highest BCUT2D eigenvalue weighted by Gasteiger charge is 2.33. The van der Waals surface area contributed by atoms with Crippen molar-refractivity contribution in [3.8, 4) is 0 Å². The maximum absolute atomic E-state index is 12.4. The fourth-order valence-electron chi connectivity index (χ4n) is 3.23. The molecule has 2 fully saturated rings. The molecule has 0 saturated carbocycles. The van der Waals surface area contributed by atoms with Crippen LogP contribution in [0.4, 0.5) is 10.6 Å². The molecule has 0 spiro atoms. The van der Waals surface area contributed by atoms with Crippen molar-refractivity contribution in [2.45, 2.75) is 45.3 Å². The zero-order chi connectivity index (χ0) is 17.2. The van der Waals surface area contributed by atoms with Crippen LogP contribution in [-0.2, 0) is 9.47 Å². The van der Waals surface area contributed by atoms with Gasteiger partial charge in [0.05, 0.1) is 19.3 Å². The molecule has 1 atom stereocenters. The third-order valence-electron chi connectivity index (χ3n) is 4.37. The second kappa shape index (κ2) is 6.97. The number of hydrogen-bond donors (Lipinski definition) is 0. The molecule has 0 bridgehead atoms. The zero-order valence-corrected chi connectivity index (χ0v) is 14.8. The Hall–Kier alpha value is -1.82. The minimum atomic E-state index is -0.470. The Balaban J connectivity index is 1.69. The van der Waals surface area contributed by atoms with Crippen molar-refractivity contribution in [2.75, 3.05) is 37.7 Å². The number of aromatic nitrogens is 1. The third-order valence-corrected chi connectivity index (χ3v) is 4.37. The van der Waals surface area contributed by atoms with Gasteiger partial charge in [-0.3, -0.25) is 0 Å². The van der Waals surface area contributed by atoms with Crippen molar-refractivity contribution in [3.05, 3.63) is 23.9 Å². The molecule has 3 rings (SSSR count). The lowest BCUT2D eigenvalue weighted by atomic mass is 10.1. The predicted octanol–water partition coefficient (Wildman–Crippen LogP) is 2.99. The van der Waals surface area contributed by atoms with Crippen molar-refractivity contribution < 1.29 is 14.3 Å². The number of anilines is 1. The van der Waals surface area contributed by atoms with Gasteiger partial charge in [-0.1, -0.05) is 6.07 Å². The number of likely N-dealkylation sites (tertiary alicyclic amines) is 1. The molecule has 6 heteroatoms. The molecule has 1 amide bonds. The summed E-state index contributed by atoms with van der Waals surface area (Å²) in [6, 6.07) is 4.20. The van der Waals surface area contributed by atoms with Gasteiger partial charge in [0.1, 0.15) is 11.4 Å². The lowest BCUT2D eigenvalue weighted by Gasteiger charge is -2.30. The van der Waals surface area contributed by atoms with Crippen LogP contribution < -0.4 is 4.90 Å². The number of carbonyl (C=O) groups excluding carboxylic acids is 1. The minimum Gasteiger partial charge on any atom is -0.444 e. The maximum atomic E-state index is 12.4. The Labute approximate surface area is 143 Å². The molecule has 0 N–H and O–H groups in total. The predicted molar refractivity (Wildman–Crippen MR) is 92.2 cm³/mol. The van der Waals surface area contributed by atoms with Crippen LogP contribution in [0.3, 0.4) is 0 Å². The van der Waals surface area contributed by atoms with Gasteiger partial charge in [-0.15, -0.1) is 0 Å². The first kappa shape index (κ1) is 17.0. The van der Waals surface area contributed by atoms with Crippen molar-refractivity contribution in [2.24, 2.45) is 0 Å². The second-order valence-electron chi connectivity index (χ2n) is 7.38. The van der Waals surface area contributed by atoms with Crippen molar-refractivity contribution in [1.82, 2.24) is 9.88 Å². The molecule has 6 nitrogen and oxygen atoms in total. The maximum Gasteiger partial charge on any atom is 0.410 e. The number of pyridine rings is 1. The van der Waals surface area contributed by atoms with Gasteiger partial charge in [0.15, 0.2) is 0 Å². The summed E-state index contributed by atoms with van der Waals surface area (Å²) < 4.78 is 10.9. The highest BCUT2D eigenvalue weighted by Crippen LogP contribution is 2.33. The van der Waals surface area contributed by atoms with Crippen LogP contribution in [0.1, 0.15) is 45.2 Å². The molecule has 3 heterocycles. The molecule has 2 aliphatic heterocycles. The topological polar surface area (TPSA) is 54.9 Å². The van der Waals surface area contributed by atoms with Crippen LogP contribution in [0.2, 0.25) is 0 Å². The first-order valence-electron chi connectivity index (χ1n) is 8.72. The molecule has 0 aliphatic carbocycles. The van der Waals surface area contributed by atoms with E-state index in [4.69, 9.17) is 9.47 Å². The normalized spacial score (nSPS) is 21.9. The van der Waals surface area contributed by atoms with Gasteiger partial charge in [-0.2, -0.15) is 0 Å². The van der Waals surface area contributed by atoms with E-state index < -0.39 is 5.60 Å². The van der Waals surface area contributed by atoms with Gasteiger partial charge >= 0.3 is 6.09 Å². The largest absolute Gasteiger partial charge is 0.444 e. The van der Waals surface area contributed by atoms with Crippen LogP contribution in [0, 0.1) is 0 Å². The number of nitrogens with zero attached hydrogens (tertiary/aromatic N) is 3. The van der Waals surface area contributed by atoms with E-state index in [1.165, 1.54) is 0 Å². The van der Waals surface area contributed by atoms with Gasteiger partial charge in [0.25, 0.3) is 0 Å². The quantitative estimate of drug-likeness (QED) is 0.833. The molecular weight excluding hydrogens is 306 g/mol. The van der Waals surface area contributed by atoms with Crippen molar-refractivity contribution >= 4 is 11.9 Å². The van der Waals surface area contributed by atoms with Crippen molar-refractivity contribution in [1.29, 1.82) is 0 Å². The molecule has 1 aromatic heterocycles. The van der Waals surface area contributed by atoms with Gasteiger partial charge < -0.3 is 19.3 Å². The Morgan fingerprint density at radius 3 is 2.62 bits per heavy atom. The van der Waals surface area contributed by atoms with Gasteiger partial charge in [-0.05, 0) is 45.2 Å².